The molecule has 1 aliphatic heterocycles. The maximum atomic E-state index is 6.13. The highest BCUT2D eigenvalue weighted by atomic mass is 17.2. The lowest BCUT2D eigenvalue weighted by Crippen LogP contribution is -2.34. The van der Waals surface area contributed by atoms with Crippen LogP contribution in [0.2, 0.25) is 0 Å². The van der Waals surface area contributed by atoms with Crippen LogP contribution in [0, 0.1) is 12.3 Å². The Morgan fingerprint density at radius 3 is 2.41 bits per heavy atom. The molecule has 5 aromatic rings. The number of anilines is 1. The van der Waals surface area contributed by atoms with E-state index in [9.17, 15) is 0 Å². The van der Waals surface area contributed by atoms with Gasteiger partial charge in [-0.1, -0.05) is 105 Å². The van der Waals surface area contributed by atoms with E-state index in [2.05, 4.69) is 203 Å². The number of nitrogens with zero attached hydrogens (tertiary/aromatic N) is 4. The van der Waals surface area contributed by atoms with Crippen LogP contribution < -0.4 is 16.1 Å². The molecule has 0 radical (unpaired) electrons. The monoisotopic (exact) mass is 862 g/mol. The van der Waals surface area contributed by atoms with Crippen molar-refractivity contribution in [3.8, 4) is 22.4 Å². The molecule has 9 heteroatoms. The van der Waals surface area contributed by atoms with Crippen molar-refractivity contribution in [3.63, 3.8) is 0 Å². The number of nitrogens with one attached hydrogen (secondary N) is 3. The van der Waals surface area contributed by atoms with Crippen molar-refractivity contribution < 1.29 is 9.78 Å². The fourth-order valence-electron chi connectivity index (χ4n) is 9.14. The van der Waals surface area contributed by atoms with Gasteiger partial charge in [-0.05, 0) is 131 Å². The van der Waals surface area contributed by atoms with Gasteiger partial charge in [0.2, 0.25) is 5.90 Å². The van der Waals surface area contributed by atoms with Gasteiger partial charge in [-0.3, -0.25) is 5.43 Å². The number of hydrogen-bond acceptors (Lipinski definition) is 8. The van der Waals surface area contributed by atoms with Gasteiger partial charge in [0, 0.05) is 73.7 Å². The first kappa shape index (κ1) is 47.4. The SMILES string of the molecule is C=CN/N=C1\CCCC(NC(=C)C(=C(C)C)N(C)C(=C)c2ccc(NC)cc2)Cc2cc(C)cc(c2)-c2ccc3c(c2)c(c(-c2ccccc2CN(C)C)n3CC)CC(C)(C)COO1. The number of hydrogen-bond donors (Lipinski definition) is 3. The zero-order chi connectivity index (χ0) is 46.1. The minimum absolute atomic E-state index is 0.0397. The molecule has 0 amide bonds. The van der Waals surface area contributed by atoms with E-state index in [4.69, 9.17) is 9.78 Å². The summed E-state index contributed by atoms with van der Waals surface area (Å²) in [6, 6.07) is 31.3. The number of rotatable bonds is 13. The largest absolute Gasteiger partial charge is 0.388 e. The van der Waals surface area contributed by atoms with Gasteiger partial charge in [-0.25, -0.2) is 0 Å². The Kier molecular flexibility index (Phi) is 15.6. The summed E-state index contributed by atoms with van der Waals surface area (Å²) >= 11 is 0. The molecule has 6 rings (SSSR count). The number of allylic oxidation sites excluding steroid dienone is 1. The molecule has 1 aliphatic rings. The Labute approximate surface area is 383 Å². The molecule has 1 atom stereocenters. The lowest BCUT2D eigenvalue weighted by molar-refractivity contribution is -0.242. The van der Waals surface area contributed by atoms with Gasteiger partial charge in [0.05, 0.1) is 23.7 Å². The third kappa shape index (κ3) is 11.4. The Morgan fingerprint density at radius 2 is 1.72 bits per heavy atom. The highest BCUT2D eigenvalue weighted by molar-refractivity contribution is 5.95. The summed E-state index contributed by atoms with van der Waals surface area (Å²) in [5.41, 5.74) is 19.9. The summed E-state index contributed by atoms with van der Waals surface area (Å²) in [6.07, 6.45) is 5.30. The van der Waals surface area contributed by atoms with Crippen LogP contribution in [0.1, 0.15) is 81.7 Å². The first-order valence-corrected chi connectivity index (χ1v) is 22.7. The van der Waals surface area contributed by atoms with E-state index in [1.807, 2.05) is 7.05 Å². The molecule has 4 bridgehead atoms. The summed E-state index contributed by atoms with van der Waals surface area (Å²) in [6.45, 7) is 28.2. The van der Waals surface area contributed by atoms with Crippen LogP contribution in [-0.2, 0) is 35.7 Å². The summed E-state index contributed by atoms with van der Waals surface area (Å²) in [7, 11) is 8.26. The van der Waals surface area contributed by atoms with E-state index in [1.165, 1.54) is 55.5 Å². The number of benzene rings is 4. The molecule has 9 nitrogen and oxygen atoms in total. The molecule has 1 aromatic heterocycles. The molecule has 4 aromatic carbocycles. The van der Waals surface area contributed by atoms with Crippen molar-refractivity contribution in [1.82, 2.24) is 25.1 Å². The topological polar surface area (TPSA) is 78.3 Å². The second-order valence-electron chi connectivity index (χ2n) is 18.5. The molecule has 64 heavy (non-hydrogen) atoms. The third-order valence-corrected chi connectivity index (χ3v) is 12.1. The van der Waals surface area contributed by atoms with Gasteiger partial charge in [-0.2, -0.15) is 4.89 Å². The molecule has 0 saturated heterocycles. The molecule has 3 N–H and O–H groups in total. The molecule has 338 valence electrons. The maximum Gasteiger partial charge on any atom is 0.249 e. The predicted molar refractivity (Wildman–Crippen MR) is 271 cm³/mol. The van der Waals surface area contributed by atoms with E-state index >= 15 is 0 Å². The Bertz CT molecular complexity index is 2520. The molecule has 0 spiro atoms. The first-order valence-electron chi connectivity index (χ1n) is 22.7. The second-order valence-corrected chi connectivity index (χ2v) is 18.5. The minimum Gasteiger partial charge on any atom is -0.388 e. The van der Waals surface area contributed by atoms with Crippen LogP contribution in [0.3, 0.4) is 0 Å². The van der Waals surface area contributed by atoms with Crippen LogP contribution >= 0.6 is 0 Å². The van der Waals surface area contributed by atoms with E-state index < -0.39 is 0 Å². The zero-order valence-corrected chi connectivity index (χ0v) is 40.1. The fraction of sp³-hybridized carbons (Fsp3) is 0.364. The quantitative estimate of drug-likeness (QED) is 0.0618. The van der Waals surface area contributed by atoms with E-state index in [-0.39, 0.29) is 11.5 Å². The van der Waals surface area contributed by atoms with Crippen molar-refractivity contribution in [1.29, 1.82) is 0 Å². The molecular formula is C55H71N7O2. The number of aromatic nitrogens is 1. The zero-order valence-electron chi connectivity index (χ0n) is 40.1. The van der Waals surface area contributed by atoms with E-state index in [0.717, 1.165) is 72.7 Å². The maximum absolute atomic E-state index is 6.13. The average molecular weight is 862 g/mol. The Hall–Kier alpha value is -6.03. The molecular weight excluding hydrogens is 791 g/mol. The molecule has 2 heterocycles. The second kappa shape index (κ2) is 21.1. The smallest absolute Gasteiger partial charge is 0.249 e. The fourth-order valence-corrected chi connectivity index (χ4v) is 9.14. The summed E-state index contributed by atoms with van der Waals surface area (Å²) < 4.78 is 2.50. The van der Waals surface area contributed by atoms with Crippen molar-refractivity contribution in [3.05, 3.63) is 156 Å². The minimum atomic E-state index is -0.292. The Balaban J connectivity index is 1.44. The van der Waals surface area contributed by atoms with Crippen LogP contribution in [0.4, 0.5) is 5.69 Å². The van der Waals surface area contributed by atoms with Gasteiger partial charge in [-0.15, -0.1) is 5.10 Å². The van der Waals surface area contributed by atoms with Gasteiger partial charge in [0.1, 0.15) is 0 Å². The first-order chi connectivity index (χ1) is 30.6. The standard InChI is InChI=1S/C55H71N7O2/c1-14-57-59-52-22-18-20-47(58-39(6)53(37(3)4)61(13)40(7)42-23-26-46(56-10)27-24-42)32-41-29-38(5)30-45(31-41)43-25-28-51-49(33-43)50(34-55(8,9)36-63-64-52)54(62(51)15-2)48-21-17-16-19-44(48)35-60(11)12/h14,16-17,19,21,23-31,33,47,56-58H,1,6-7,15,18,20,22,32,34-36H2,2-5,8-13H3/b59-52+. The molecule has 1 unspecified atom stereocenters. The number of aryl methyl sites for hydroxylation is 2. The Morgan fingerprint density at radius 1 is 0.969 bits per heavy atom. The van der Waals surface area contributed by atoms with Crippen LogP contribution in [-0.4, -0.2) is 61.1 Å². The summed E-state index contributed by atoms with van der Waals surface area (Å²) in [5, 5.41) is 12.9. The van der Waals surface area contributed by atoms with Gasteiger partial charge >= 0.3 is 0 Å². The highest BCUT2D eigenvalue weighted by Crippen LogP contribution is 2.41. The van der Waals surface area contributed by atoms with Crippen molar-refractivity contribution in [2.45, 2.75) is 92.8 Å². The lowest BCUT2D eigenvalue weighted by Gasteiger charge is -2.31. The normalized spacial score (nSPS) is 16.1. The van der Waals surface area contributed by atoms with Gasteiger partial charge < -0.3 is 29.9 Å². The van der Waals surface area contributed by atoms with E-state index in [1.54, 1.807) is 6.20 Å². The molecule has 0 aliphatic carbocycles. The van der Waals surface area contributed by atoms with Crippen LogP contribution in [0.25, 0.3) is 39.0 Å². The van der Waals surface area contributed by atoms with Crippen LogP contribution in [0.15, 0.2) is 133 Å². The number of likely N-dealkylation sites (N-methyl/N-ethyl adjacent to an activating group) is 1. The van der Waals surface area contributed by atoms with Gasteiger partial charge in [0.25, 0.3) is 0 Å². The van der Waals surface area contributed by atoms with E-state index in [0.29, 0.717) is 18.9 Å². The number of fused-ring (bicyclic) bond motifs is 4. The molecule has 0 fully saturated rings. The predicted octanol–water partition coefficient (Wildman–Crippen LogP) is 12.1. The molecule has 0 saturated carbocycles. The third-order valence-electron chi connectivity index (χ3n) is 12.1. The lowest BCUT2D eigenvalue weighted by atomic mass is 9.84. The van der Waals surface area contributed by atoms with Crippen LogP contribution in [0.5, 0.6) is 0 Å². The average Bonchev–Trinajstić information content (AvgIpc) is 3.55. The van der Waals surface area contributed by atoms with Crippen molar-refractivity contribution in [2.75, 3.05) is 40.1 Å². The summed E-state index contributed by atoms with van der Waals surface area (Å²) in [5.74, 6) is 0.475. The van der Waals surface area contributed by atoms with Gasteiger partial charge in [0.15, 0.2) is 0 Å². The van der Waals surface area contributed by atoms with Crippen molar-refractivity contribution in [2.24, 2.45) is 10.5 Å². The highest BCUT2D eigenvalue weighted by Gasteiger charge is 2.28. The van der Waals surface area contributed by atoms with Crippen molar-refractivity contribution >= 4 is 28.2 Å². The number of hydrazone groups is 1. The summed E-state index contributed by atoms with van der Waals surface area (Å²) in [4.78, 5) is 16.6.